The van der Waals surface area contributed by atoms with E-state index in [0.717, 1.165) is 12.3 Å². The number of nitrogens with zero attached hydrogens (tertiary/aromatic N) is 2. The SMILES string of the molecule is CC[NH+](CC)CC.COc1cc(OC)c2oc(COC(=O)Nc3ccn([C@@H]4O[C@H](COP(=O)([O-])O)[C@@H](O)C4(F)F)c(=O)n3)cc2c1. The number of hydrogen-bond acceptors (Lipinski definition) is 12. The zero-order valence-corrected chi connectivity index (χ0v) is 26.6. The molecule has 1 aliphatic heterocycles. The van der Waals surface area contributed by atoms with Crippen LogP contribution in [-0.4, -0.2) is 84.2 Å². The minimum atomic E-state index is -5.28. The van der Waals surface area contributed by atoms with E-state index in [-0.39, 0.29) is 18.2 Å². The number of fused-ring (bicyclic) bond motifs is 1. The van der Waals surface area contributed by atoms with E-state index in [0.29, 0.717) is 27.0 Å². The fourth-order valence-corrected chi connectivity index (χ4v) is 4.79. The van der Waals surface area contributed by atoms with Crippen molar-refractivity contribution in [3.8, 4) is 11.5 Å². The van der Waals surface area contributed by atoms with Crippen LogP contribution in [0.5, 0.6) is 11.5 Å². The van der Waals surface area contributed by atoms with Crippen LogP contribution >= 0.6 is 7.82 Å². The maximum atomic E-state index is 14.5. The molecule has 256 valence electrons. The molecule has 4 rings (SSSR count). The third-order valence-electron chi connectivity index (χ3n) is 7.00. The van der Waals surface area contributed by atoms with E-state index in [2.05, 4.69) is 35.6 Å². The molecule has 1 aliphatic rings. The highest BCUT2D eigenvalue weighted by atomic mass is 31.2. The number of nitrogens with one attached hydrogen (secondary N) is 2. The number of benzene rings is 1. The van der Waals surface area contributed by atoms with Crippen molar-refractivity contribution in [3.63, 3.8) is 0 Å². The first kappa shape index (κ1) is 36.8. The molecule has 1 aromatic carbocycles. The third-order valence-corrected chi connectivity index (χ3v) is 7.48. The fourth-order valence-electron chi connectivity index (χ4n) is 4.45. The minimum absolute atomic E-state index is 0.252. The maximum Gasteiger partial charge on any atom is 0.413 e. The van der Waals surface area contributed by atoms with Crippen LogP contribution < -0.4 is 30.3 Å². The molecule has 16 nitrogen and oxygen atoms in total. The molecule has 1 fully saturated rings. The summed E-state index contributed by atoms with van der Waals surface area (Å²) >= 11 is 0. The molecule has 46 heavy (non-hydrogen) atoms. The number of phosphoric acid groups is 1. The quantitative estimate of drug-likeness (QED) is 0.198. The number of hydrogen-bond donors (Lipinski definition) is 4. The lowest BCUT2D eigenvalue weighted by molar-refractivity contribution is -0.894. The molecule has 0 bridgehead atoms. The number of carbonyl (C=O) groups is 1. The van der Waals surface area contributed by atoms with Gasteiger partial charge in [-0.15, -0.1) is 0 Å². The van der Waals surface area contributed by atoms with Crippen LogP contribution in [0.1, 0.15) is 32.8 Å². The Morgan fingerprint density at radius 3 is 2.41 bits per heavy atom. The number of anilines is 1. The van der Waals surface area contributed by atoms with Crippen molar-refractivity contribution in [2.45, 2.75) is 51.7 Å². The van der Waals surface area contributed by atoms with Crippen molar-refractivity contribution in [1.82, 2.24) is 9.55 Å². The van der Waals surface area contributed by atoms with Crippen molar-refractivity contribution in [1.29, 1.82) is 0 Å². The van der Waals surface area contributed by atoms with E-state index < -0.39 is 50.6 Å². The predicted octanol–water partition coefficient (Wildman–Crippen LogP) is 1.06. The van der Waals surface area contributed by atoms with Gasteiger partial charge in [-0.05, 0) is 39.0 Å². The Balaban J connectivity index is 0.000000738. The van der Waals surface area contributed by atoms with Crippen LogP contribution in [0.25, 0.3) is 11.0 Å². The van der Waals surface area contributed by atoms with Gasteiger partial charge in [0.15, 0.2) is 24.0 Å². The monoisotopic (exact) mass is 678 g/mol. The second-order valence-electron chi connectivity index (χ2n) is 9.89. The van der Waals surface area contributed by atoms with Crippen molar-refractivity contribution in [2.75, 3.05) is 45.8 Å². The summed E-state index contributed by atoms with van der Waals surface area (Å²) in [5.41, 5.74) is -0.910. The number of quaternary nitrogens is 1. The van der Waals surface area contributed by atoms with Crippen LogP contribution in [0.4, 0.5) is 19.4 Å². The summed E-state index contributed by atoms with van der Waals surface area (Å²) in [6.45, 7) is 9.03. The number of aromatic nitrogens is 2. The molecule has 3 aromatic rings. The summed E-state index contributed by atoms with van der Waals surface area (Å²) in [4.78, 5) is 49.1. The normalized spacial score (nSPS) is 20.1. The van der Waals surface area contributed by atoms with Crippen molar-refractivity contribution in [2.24, 2.45) is 0 Å². The highest BCUT2D eigenvalue weighted by molar-refractivity contribution is 7.44. The Kier molecular flexibility index (Phi) is 12.6. The van der Waals surface area contributed by atoms with E-state index in [1.54, 1.807) is 23.1 Å². The number of ether oxygens (including phenoxy) is 4. The first-order valence-corrected chi connectivity index (χ1v) is 15.6. The van der Waals surface area contributed by atoms with Crippen LogP contribution in [-0.2, 0) is 25.2 Å². The van der Waals surface area contributed by atoms with Gasteiger partial charge in [-0.1, -0.05) is 0 Å². The Morgan fingerprint density at radius 1 is 1.20 bits per heavy atom. The van der Waals surface area contributed by atoms with Crippen molar-refractivity contribution < 1.29 is 65.8 Å². The van der Waals surface area contributed by atoms with Gasteiger partial charge >= 0.3 is 17.7 Å². The average Bonchev–Trinajstić information content (AvgIpc) is 3.52. The van der Waals surface area contributed by atoms with Gasteiger partial charge in [0.05, 0.1) is 40.5 Å². The largest absolute Gasteiger partial charge is 0.756 e. The summed E-state index contributed by atoms with van der Waals surface area (Å²) in [6.07, 6.45) is -7.11. The zero-order valence-electron chi connectivity index (χ0n) is 25.7. The Bertz CT molecular complexity index is 1570. The smallest absolute Gasteiger partial charge is 0.413 e. The molecule has 0 radical (unpaired) electrons. The van der Waals surface area contributed by atoms with Gasteiger partial charge in [-0.2, -0.15) is 13.8 Å². The van der Waals surface area contributed by atoms with E-state index in [1.807, 2.05) is 0 Å². The molecule has 0 spiro atoms. The molecular weight excluding hydrogens is 641 g/mol. The van der Waals surface area contributed by atoms with Gasteiger partial charge in [0.25, 0.3) is 7.82 Å². The standard InChI is InChI=1S/C21H22F2N3O12P.C6H15N/c1-33-11-5-10-6-12(37-16(10)13(7-11)34-2)8-35-20(29)25-15-3-4-26(19(28)24-15)18-21(22,23)17(27)14(38-18)9-36-39(30,31)32;1-4-7(5-2)6-3/h3-7,14,17-18,27H,8-9H2,1-2H3,(H2,30,31,32)(H,24,25,28,29);4-6H2,1-3H3/t14-,17-,18-;/m1./s1. The average molecular weight is 679 g/mol. The lowest BCUT2D eigenvalue weighted by Gasteiger charge is -2.21. The highest BCUT2D eigenvalue weighted by Crippen LogP contribution is 2.43. The van der Waals surface area contributed by atoms with Crippen molar-refractivity contribution >= 4 is 30.7 Å². The lowest BCUT2D eigenvalue weighted by Crippen LogP contribution is -3.11. The van der Waals surface area contributed by atoms with Crippen LogP contribution in [0.2, 0.25) is 0 Å². The minimum Gasteiger partial charge on any atom is -0.756 e. The maximum absolute atomic E-state index is 14.5. The Labute approximate surface area is 262 Å². The van der Waals surface area contributed by atoms with Gasteiger partial charge in [-0.3, -0.25) is 14.4 Å². The number of carbonyl (C=O) groups excluding carboxylic acids is 1. The van der Waals surface area contributed by atoms with Gasteiger partial charge < -0.3 is 47.7 Å². The van der Waals surface area contributed by atoms with Crippen LogP contribution in [0, 0.1) is 0 Å². The molecule has 3 heterocycles. The number of phosphoric ester groups is 1. The second-order valence-corrected chi connectivity index (χ2v) is 11.1. The van der Waals surface area contributed by atoms with Crippen LogP contribution in [0.15, 0.2) is 39.7 Å². The fraction of sp³-hybridized carbons (Fsp3) is 0.519. The number of aliphatic hydroxyl groups is 1. The number of furan rings is 1. The number of amides is 1. The molecular formula is C27H37F2N4O12P. The number of halogens is 2. The highest BCUT2D eigenvalue weighted by Gasteiger charge is 2.59. The molecule has 4 N–H and O–H groups in total. The summed E-state index contributed by atoms with van der Waals surface area (Å²) in [5, 5.41) is 12.6. The Hall–Kier alpha value is -3.64. The topological polar surface area (TPSA) is 208 Å². The number of alkyl halides is 2. The first-order valence-electron chi connectivity index (χ1n) is 14.1. The molecule has 2 aromatic heterocycles. The Morgan fingerprint density at radius 2 is 1.87 bits per heavy atom. The van der Waals surface area contributed by atoms with Gasteiger partial charge in [-0.25, -0.2) is 9.59 Å². The summed E-state index contributed by atoms with van der Waals surface area (Å²) in [5.74, 6) is -3.26. The summed E-state index contributed by atoms with van der Waals surface area (Å²) in [6, 6.07) is 5.87. The van der Waals surface area contributed by atoms with E-state index in [4.69, 9.17) is 28.3 Å². The number of aliphatic hydroxyl groups excluding tert-OH is 1. The molecule has 19 heteroatoms. The first-order chi connectivity index (χ1) is 21.7. The third kappa shape index (κ3) is 9.22. The predicted molar refractivity (Wildman–Crippen MR) is 155 cm³/mol. The van der Waals surface area contributed by atoms with Gasteiger partial charge in [0.2, 0.25) is 6.23 Å². The molecule has 4 atom stereocenters. The molecule has 0 saturated carbocycles. The molecule has 1 amide bonds. The van der Waals surface area contributed by atoms with E-state index in [1.165, 1.54) is 33.9 Å². The second kappa shape index (κ2) is 15.8. The van der Waals surface area contributed by atoms with E-state index in [9.17, 15) is 32.9 Å². The molecule has 1 unspecified atom stereocenters. The molecule has 0 aliphatic carbocycles. The zero-order chi connectivity index (χ0) is 34.2. The summed E-state index contributed by atoms with van der Waals surface area (Å²) < 4.78 is 70.1. The van der Waals surface area contributed by atoms with Crippen LogP contribution in [0.3, 0.4) is 0 Å². The van der Waals surface area contributed by atoms with E-state index >= 15 is 0 Å². The van der Waals surface area contributed by atoms with Gasteiger partial charge in [0, 0.05) is 17.6 Å². The lowest BCUT2D eigenvalue weighted by atomic mass is 10.1. The summed E-state index contributed by atoms with van der Waals surface area (Å²) in [7, 11) is -2.36. The molecule has 1 saturated heterocycles. The van der Waals surface area contributed by atoms with Crippen molar-refractivity contribution in [3.05, 3.63) is 46.7 Å². The number of methoxy groups -OCH3 is 2. The van der Waals surface area contributed by atoms with Gasteiger partial charge in [0.1, 0.15) is 23.4 Å². The number of rotatable bonds is 12.